The largest absolute Gasteiger partial charge is 0.480 e. The number of aromatic nitrogens is 2. The van der Waals surface area contributed by atoms with Crippen molar-refractivity contribution in [2.45, 2.75) is 25.8 Å². The minimum absolute atomic E-state index is 0.232. The van der Waals surface area contributed by atoms with E-state index in [0.29, 0.717) is 19.0 Å². The van der Waals surface area contributed by atoms with E-state index in [0.717, 1.165) is 25.8 Å². The van der Waals surface area contributed by atoms with Crippen molar-refractivity contribution in [3.8, 4) is 0 Å². The number of nitrogens with zero attached hydrogens (tertiary/aromatic N) is 3. The molecule has 20 heavy (non-hydrogen) atoms. The van der Waals surface area contributed by atoms with Crippen molar-refractivity contribution < 1.29 is 14.7 Å². The van der Waals surface area contributed by atoms with E-state index in [9.17, 15) is 9.59 Å². The lowest BCUT2D eigenvalue weighted by molar-refractivity contribution is -0.137. The third-order valence-corrected chi connectivity index (χ3v) is 3.22. The van der Waals surface area contributed by atoms with Crippen molar-refractivity contribution in [3.63, 3.8) is 0 Å². The molecule has 7 nitrogen and oxygen atoms in total. The molecule has 1 aromatic heterocycles. The Bertz CT molecular complexity index is 442. The summed E-state index contributed by atoms with van der Waals surface area (Å²) in [5, 5.41) is 11.6. The fourth-order valence-electron chi connectivity index (χ4n) is 1.98. The summed E-state index contributed by atoms with van der Waals surface area (Å²) >= 11 is 0. The summed E-state index contributed by atoms with van der Waals surface area (Å²) in [7, 11) is 0. The number of carbonyl (C=O) groups is 2. The molecular formula is C13H20N4O3. The lowest BCUT2D eigenvalue weighted by atomic mass is 10.3. The van der Waals surface area contributed by atoms with Gasteiger partial charge in [-0.2, -0.15) is 0 Å². The second-order valence-electron chi connectivity index (χ2n) is 5.10. The predicted octanol–water partition coefficient (Wildman–Crippen LogP) is 0.779. The Morgan fingerprint density at radius 2 is 2.25 bits per heavy atom. The van der Waals surface area contributed by atoms with Crippen LogP contribution in [0.3, 0.4) is 0 Å². The number of hydrogen-bond donors (Lipinski definition) is 2. The van der Waals surface area contributed by atoms with Gasteiger partial charge in [-0.15, -0.1) is 0 Å². The zero-order valence-electron chi connectivity index (χ0n) is 11.4. The maximum atomic E-state index is 11.9. The summed E-state index contributed by atoms with van der Waals surface area (Å²) < 4.78 is 1.94. The quantitative estimate of drug-likeness (QED) is 0.689. The van der Waals surface area contributed by atoms with Gasteiger partial charge in [0.25, 0.3) is 0 Å². The Hall–Kier alpha value is -2.05. The minimum Gasteiger partial charge on any atom is -0.480 e. The Labute approximate surface area is 117 Å². The van der Waals surface area contributed by atoms with E-state index in [2.05, 4.69) is 10.3 Å². The highest BCUT2D eigenvalue weighted by atomic mass is 16.4. The van der Waals surface area contributed by atoms with Gasteiger partial charge in [0, 0.05) is 32.0 Å². The van der Waals surface area contributed by atoms with Crippen LogP contribution >= 0.6 is 0 Å². The molecule has 1 aliphatic rings. The smallest absolute Gasteiger partial charge is 0.323 e. The third kappa shape index (κ3) is 4.91. The van der Waals surface area contributed by atoms with E-state index >= 15 is 0 Å². The molecule has 1 aliphatic carbocycles. The Balaban J connectivity index is 1.68. The normalized spacial score (nSPS) is 14.0. The van der Waals surface area contributed by atoms with E-state index < -0.39 is 5.97 Å². The average Bonchev–Trinajstić information content (AvgIpc) is 3.06. The molecule has 2 rings (SSSR count). The molecule has 0 spiro atoms. The average molecular weight is 280 g/mol. The molecule has 1 fully saturated rings. The van der Waals surface area contributed by atoms with Gasteiger partial charge in [-0.05, 0) is 25.2 Å². The topological polar surface area (TPSA) is 87.5 Å². The van der Waals surface area contributed by atoms with Crippen molar-refractivity contribution in [3.05, 3.63) is 18.7 Å². The standard InChI is InChI=1S/C13H20N4O3/c18-12(19)9-17(8-11-2-3-11)13(20)15-4-1-6-16-7-5-14-10-16/h5,7,10-11H,1-4,6,8-9H2,(H,15,20)(H,18,19). The first-order valence-corrected chi connectivity index (χ1v) is 6.85. The SMILES string of the molecule is O=C(O)CN(CC1CC1)C(=O)NCCCn1ccnc1. The summed E-state index contributed by atoms with van der Waals surface area (Å²) in [4.78, 5) is 28.0. The molecule has 0 radical (unpaired) electrons. The summed E-state index contributed by atoms with van der Waals surface area (Å²) in [6, 6.07) is -0.287. The molecule has 0 unspecified atom stereocenters. The summed E-state index contributed by atoms with van der Waals surface area (Å²) in [5.41, 5.74) is 0. The molecule has 110 valence electrons. The van der Waals surface area contributed by atoms with Crippen LogP contribution in [0.15, 0.2) is 18.7 Å². The predicted molar refractivity (Wildman–Crippen MR) is 72.2 cm³/mol. The molecule has 0 saturated heterocycles. The van der Waals surface area contributed by atoms with Crippen LogP contribution in [0.25, 0.3) is 0 Å². The number of aryl methyl sites for hydroxylation is 1. The molecule has 0 atom stereocenters. The summed E-state index contributed by atoms with van der Waals surface area (Å²) in [6.07, 6.45) is 8.26. The van der Waals surface area contributed by atoms with Crippen molar-refractivity contribution >= 4 is 12.0 Å². The molecule has 2 N–H and O–H groups in total. The molecule has 7 heteroatoms. The zero-order chi connectivity index (χ0) is 14.4. The van der Waals surface area contributed by atoms with Gasteiger partial charge in [0.1, 0.15) is 6.54 Å². The van der Waals surface area contributed by atoms with Gasteiger partial charge in [-0.25, -0.2) is 9.78 Å². The van der Waals surface area contributed by atoms with Crippen molar-refractivity contribution in [1.29, 1.82) is 0 Å². The second-order valence-corrected chi connectivity index (χ2v) is 5.10. The molecule has 1 aromatic rings. The summed E-state index contributed by atoms with van der Waals surface area (Å²) in [5.74, 6) is -0.495. The van der Waals surface area contributed by atoms with Gasteiger partial charge in [-0.1, -0.05) is 0 Å². The van der Waals surface area contributed by atoms with Crippen LogP contribution in [-0.4, -0.2) is 51.2 Å². The molecular weight excluding hydrogens is 260 g/mol. The van der Waals surface area contributed by atoms with Crippen molar-refractivity contribution in [1.82, 2.24) is 19.8 Å². The number of carboxylic acids is 1. The number of carbonyl (C=O) groups excluding carboxylic acids is 1. The van der Waals surface area contributed by atoms with Gasteiger partial charge in [0.05, 0.1) is 6.33 Å². The first-order valence-electron chi connectivity index (χ1n) is 6.85. The molecule has 1 heterocycles. The van der Waals surface area contributed by atoms with Gasteiger partial charge in [0.2, 0.25) is 0 Å². The molecule has 2 amide bonds. The van der Waals surface area contributed by atoms with Crippen LogP contribution in [0.1, 0.15) is 19.3 Å². The van der Waals surface area contributed by atoms with E-state index in [1.807, 2.05) is 10.8 Å². The van der Waals surface area contributed by atoms with E-state index in [4.69, 9.17) is 5.11 Å². The number of imidazole rings is 1. The molecule has 1 saturated carbocycles. The summed E-state index contributed by atoms with van der Waals surface area (Å²) in [6.45, 7) is 1.61. The second kappa shape index (κ2) is 6.93. The monoisotopic (exact) mass is 280 g/mol. The fraction of sp³-hybridized carbons (Fsp3) is 0.615. The number of carboxylic acid groups (broad SMARTS) is 1. The first-order chi connectivity index (χ1) is 9.65. The maximum absolute atomic E-state index is 11.9. The highest BCUT2D eigenvalue weighted by Crippen LogP contribution is 2.29. The number of amides is 2. The Kier molecular flexibility index (Phi) is 4.97. The Morgan fingerprint density at radius 1 is 1.45 bits per heavy atom. The first kappa shape index (κ1) is 14.4. The lowest BCUT2D eigenvalue weighted by Gasteiger charge is -2.21. The van der Waals surface area contributed by atoms with Crippen LogP contribution in [0.5, 0.6) is 0 Å². The highest BCUT2D eigenvalue weighted by molar-refractivity contribution is 5.80. The van der Waals surface area contributed by atoms with Crippen molar-refractivity contribution in [2.75, 3.05) is 19.6 Å². The van der Waals surface area contributed by atoms with E-state index in [1.165, 1.54) is 4.90 Å². The van der Waals surface area contributed by atoms with Crippen LogP contribution in [0, 0.1) is 5.92 Å². The highest BCUT2D eigenvalue weighted by Gasteiger charge is 2.27. The van der Waals surface area contributed by atoms with Crippen LogP contribution in [-0.2, 0) is 11.3 Å². The molecule has 0 bridgehead atoms. The third-order valence-electron chi connectivity index (χ3n) is 3.22. The zero-order valence-corrected chi connectivity index (χ0v) is 11.4. The lowest BCUT2D eigenvalue weighted by Crippen LogP contribution is -2.44. The fourth-order valence-corrected chi connectivity index (χ4v) is 1.98. The van der Waals surface area contributed by atoms with Gasteiger partial charge < -0.3 is 19.9 Å². The van der Waals surface area contributed by atoms with Crippen LogP contribution < -0.4 is 5.32 Å². The molecule has 0 aliphatic heterocycles. The van der Waals surface area contributed by atoms with Gasteiger partial charge >= 0.3 is 12.0 Å². The minimum atomic E-state index is -0.973. The van der Waals surface area contributed by atoms with E-state index in [1.54, 1.807) is 12.5 Å². The Morgan fingerprint density at radius 3 is 2.85 bits per heavy atom. The number of rotatable bonds is 8. The van der Waals surface area contributed by atoms with Gasteiger partial charge in [-0.3, -0.25) is 4.79 Å². The maximum Gasteiger partial charge on any atom is 0.323 e. The number of hydrogen-bond acceptors (Lipinski definition) is 3. The van der Waals surface area contributed by atoms with Crippen LogP contribution in [0.2, 0.25) is 0 Å². The van der Waals surface area contributed by atoms with Crippen molar-refractivity contribution in [2.24, 2.45) is 5.92 Å². The van der Waals surface area contributed by atoms with Crippen LogP contribution in [0.4, 0.5) is 4.79 Å². The molecule has 0 aromatic carbocycles. The number of urea groups is 1. The van der Waals surface area contributed by atoms with Gasteiger partial charge in [0.15, 0.2) is 0 Å². The number of aliphatic carboxylic acids is 1. The number of nitrogens with one attached hydrogen (secondary N) is 1. The van der Waals surface area contributed by atoms with E-state index in [-0.39, 0.29) is 12.6 Å².